The van der Waals surface area contributed by atoms with Crippen LogP contribution in [-0.4, -0.2) is 16.7 Å². The number of nitrogens with one attached hydrogen (secondary N) is 1. The predicted molar refractivity (Wildman–Crippen MR) is 79.0 cm³/mol. The molecule has 0 radical (unpaired) electrons. The lowest BCUT2D eigenvalue weighted by molar-refractivity contribution is -0.120. The standard InChI is InChI=1S/C14H14BrN3O/c1-18-8-2-3-13(18)9-14(19)17-16-10-11-4-6-12(15)7-5-11/h2-8,10H,9H2,1H3,(H,17,19)/b16-10+. The van der Waals surface area contributed by atoms with Crippen LogP contribution in [0.2, 0.25) is 0 Å². The molecule has 1 N–H and O–H groups in total. The van der Waals surface area contributed by atoms with Crippen LogP contribution < -0.4 is 5.43 Å². The zero-order valence-electron chi connectivity index (χ0n) is 10.5. The first-order valence-electron chi connectivity index (χ1n) is 5.83. The summed E-state index contributed by atoms with van der Waals surface area (Å²) in [6, 6.07) is 11.5. The van der Waals surface area contributed by atoms with Gasteiger partial charge in [0.2, 0.25) is 5.91 Å². The maximum absolute atomic E-state index is 11.7. The predicted octanol–water partition coefficient (Wildman–Crippen LogP) is 2.48. The number of hydrazone groups is 1. The number of carbonyl (C=O) groups excluding carboxylic acids is 1. The van der Waals surface area contributed by atoms with Crippen LogP contribution >= 0.6 is 15.9 Å². The summed E-state index contributed by atoms with van der Waals surface area (Å²) >= 11 is 3.36. The molecular formula is C14H14BrN3O. The van der Waals surface area contributed by atoms with Gasteiger partial charge in [-0.05, 0) is 29.8 Å². The third kappa shape index (κ3) is 4.06. The van der Waals surface area contributed by atoms with E-state index in [-0.39, 0.29) is 5.91 Å². The van der Waals surface area contributed by atoms with Crippen molar-refractivity contribution in [2.75, 3.05) is 0 Å². The zero-order valence-corrected chi connectivity index (χ0v) is 12.1. The van der Waals surface area contributed by atoms with E-state index in [4.69, 9.17) is 0 Å². The molecule has 0 unspecified atom stereocenters. The van der Waals surface area contributed by atoms with Crippen LogP contribution in [0.3, 0.4) is 0 Å². The van der Waals surface area contributed by atoms with Crippen molar-refractivity contribution < 1.29 is 4.79 Å². The van der Waals surface area contributed by atoms with Crippen molar-refractivity contribution in [2.45, 2.75) is 6.42 Å². The smallest absolute Gasteiger partial charge is 0.245 e. The van der Waals surface area contributed by atoms with E-state index in [1.54, 1.807) is 6.21 Å². The Hall–Kier alpha value is -1.88. The van der Waals surface area contributed by atoms with Gasteiger partial charge in [0.1, 0.15) is 0 Å². The number of aromatic nitrogens is 1. The number of halogens is 1. The lowest BCUT2D eigenvalue weighted by atomic mass is 10.2. The van der Waals surface area contributed by atoms with Crippen molar-refractivity contribution in [3.05, 3.63) is 58.3 Å². The Balaban J connectivity index is 1.86. The van der Waals surface area contributed by atoms with Crippen molar-refractivity contribution >= 4 is 28.1 Å². The van der Waals surface area contributed by atoms with Gasteiger partial charge in [-0.1, -0.05) is 28.1 Å². The quantitative estimate of drug-likeness (QED) is 0.683. The molecule has 0 aliphatic heterocycles. The van der Waals surface area contributed by atoms with Gasteiger partial charge in [-0.25, -0.2) is 5.43 Å². The van der Waals surface area contributed by atoms with E-state index in [9.17, 15) is 4.79 Å². The second-order valence-corrected chi connectivity index (χ2v) is 5.05. The Morgan fingerprint density at radius 3 is 2.74 bits per heavy atom. The van der Waals surface area contributed by atoms with Crippen molar-refractivity contribution in [1.29, 1.82) is 0 Å². The van der Waals surface area contributed by atoms with Crippen LogP contribution in [0.5, 0.6) is 0 Å². The highest BCUT2D eigenvalue weighted by molar-refractivity contribution is 9.10. The van der Waals surface area contributed by atoms with E-state index in [0.29, 0.717) is 6.42 Å². The van der Waals surface area contributed by atoms with E-state index >= 15 is 0 Å². The Morgan fingerprint density at radius 1 is 1.37 bits per heavy atom. The first kappa shape index (κ1) is 13.5. The molecule has 0 aliphatic carbocycles. The zero-order chi connectivity index (χ0) is 13.7. The Bertz CT molecular complexity index is 587. The lowest BCUT2D eigenvalue weighted by Crippen LogP contribution is -2.20. The van der Waals surface area contributed by atoms with Gasteiger partial charge in [0.05, 0.1) is 12.6 Å². The molecule has 2 aromatic rings. The van der Waals surface area contributed by atoms with E-state index < -0.39 is 0 Å². The molecule has 1 aromatic heterocycles. The Labute approximate surface area is 120 Å². The average molecular weight is 320 g/mol. The average Bonchev–Trinajstić information content (AvgIpc) is 2.78. The van der Waals surface area contributed by atoms with Gasteiger partial charge < -0.3 is 4.57 Å². The number of hydrogen-bond donors (Lipinski definition) is 1. The number of rotatable bonds is 4. The molecule has 2 rings (SSSR count). The van der Waals surface area contributed by atoms with E-state index in [2.05, 4.69) is 26.5 Å². The van der Waals surface area contributed by atoms with Gasteiger partial charge in [0.25, 0.3) is 0 Å². The van der Waals surface area contributed by atoms with E-state index in [0.717, 1.165) is 15.7 Å². The van der Waals surface area contributed by atoms with Crippen molar-refractivity contribution in [3.8, 4) is 0 Å². The summed E-state index contributed by atoms with van der Waals surface area (Å²) in [6.45, 7) is 0. The van der Waals surface area contributed by atoms with Gasteiger partial charge in [-0.2, -0.15) is 5.10 Å². The number of nitrogens with zero attached hydrogens (tertiary/aromatic N) is 2. The summed E-state index contributed by atoms with van der Waals surface area (Å²) in [4.78, 5) is 11.7. The minimum absolute atomic E-state index is 0.129. The molecule has 98 valence electrons. The molecule has 0 bridgehead atoms. The number of hydrogen-bond acceptors (Lipinski definition) is 2. The first-order chi connectivity index (χ1) is 9.15. The summed E-state index contributed by atoms with van der Waals surface area (Å²) in [6.07, 6.45) is 3.85. The van der Waals surface area contributed by atoms with Gasteiger partial charge >= 0.3 is 0 Å². The van der Waals surface area contributed by atoms with Crippen LogP contribution in [0.1, 0.15) is 11.3 Å². The monoisotopic (exact) mass is 319 g/mol. The Morgan fingerprint density at radius 2 is 2.11 bits per heavy atom. The number of carbonyl (C=O) groups is 1. The Kier molecular flexibility index (Phi) is 4.52. The fourth-order valence-corrected chi connectivity index (χ4v) is 1.88. The van der Waals surface area contributed by atoms with Gasteiger partial charge in [-0.3, -0.25) is 4.79 Å². The van der Waals surface area contributed by atoms with Crippen LogP contribution in [0, 0.1) is 0 Å². The van der Waals surface area contributed by atoms with Crippen LogP contribution in [0.15, 0.2) is 52.2 Å². The molecule has 0 atom stereocenters. The molecule has 4 nitrogen and oxygen atoms in total. The third-order valence-corrected chi connectivity index (χ3v) is 3.19. The highest BCUT2D eigenvalue weighted by atomic mass is 79.9. The fraction of sp³-hybridized carbons (Fsp3) is 0.143. The third-order valence-electron chi connectivity index (χ3n) is 2.67. The van der Waals surface area contributed by atoms with E-state index in [1.165, 1.54) is 0 Å². The second-order valence-electron chi connectivity index (χ2n) is 4.13. The molecule has 19 heavy (non-hydrogen) atoms. The molecule has 1 aromatic carbocycles. The number of aryl methyl sites for hydroxylation is 1. The summed E-state index contributed by atoms with van der Waals surface area (Å²) < 4.78 is 2.93. The van der Waals surface area contributed by atoms with Crippen LogP contribution in [0.25, 0.3) is 0 Å². The van der Waals surface area contributed by atoms with Crippen LogP contribution in [0.4, 0.5) is 0 Å². The molecule has 0 saturated heterocycles. The normalized spacial score (nSPS) is 10.8. The molecule has 0 fully saturated rings. The number of amides is 1. The highest BCUT2D eigenvalue weighted by Gasteiger charge is 2.04. The fourth-order valence-electron chi connectivity index (χ4n) is 1.61. The summed E-state index contributed by atoms with van der Waals surface area (Å²) in [5.41, 5.74) is 4.40. The summed E-state index contributed by atoms with van der Waals surface area (Å²) in [5, 5.41) is 3.93. The maximum atomic E-state index is 11.7. The van der Waals surface area contributed by atoms with E-state index in [1.807, 2.05) is 54.2 Å². The molecule has 1 amide bonds. The minimum atomic E-state index is -0.129. The molecule has 0 saturated carbocycles. The highest BCUT2D eigenvalue weighted by Crippen LogP contribution is 2.08. The molecule has 0 spiro atoms. The van der Waals surface area contributed by atoms with Gasteiger partial charge in [0.15, 0.2) is 0 Å². The van der Waals surface area contributed by atoms with Crippen molar-refractivity contribution in [3.63, 3.8) is 0 Å². The largest absolute Gasteiger partial charge is 0.354 e. The van der Waals surface area contributed by atoms with Gasteiger partial charge in [0, 0.05) is 23.4 Å². The first-order valence-corrected chi connectivity index (χ1v) is 6.62. The summed E-state index contributed by atoms with van der Waals surface area (Å²) in [5.74, 6) is -0.129. The van der Waals surface area contributed by atoms with Gasteiger partial charge in [-0.15, -0.1) is 0 Å². The molecule has 0 aliphatic rings. The van der Waals surface area contributed by atoms with Crippen LogP contribution in [-0.2, 0) is 18.3 Å². The maximum Gasteiger partial charge on any atom is 0.245 e. The molecule has 1 heterocycles. The van der Waals surface area contributed by atoms with Crippen molar-refractivity contribution in [1.82, 2.24) is 9.99 Å². The summed E-state index contributed by atoms with van der Waals surface area (Å²) in [7, 11) is 1.91. The minimum Gasteiger partial charge on any atom is -0.354 e. The van der Waals surface area contributed by atoms with Crippen molar-refractivity contribution in [2.24, 2.45) is 12.1 Å². The SMILES string of the molecule is Cn1cccc1CC(=O)N/N=C/c1ccc(Br)cc1. The lowest BCUT2D eigenvalue weighted by Gasteiger charge is -2.01. The number of benzene rings is 1. The second kappa shape index (κ2) is 6.33. The topological polar surface area (TPSA) is 46.4 Å². The molecular weight excluding hydrogens is 306 g/mol. The molecule has 5 heteroatoms.